The van der Waals surface area contributed by atoms with Crippen LogP contribution in [0.3, 0.4) is 0 Å². The predicted molar refractivity (Wildman–Crippen MR) is 115 cm³/mol. The highest BCUT2D eigenvalue weighted by Crippen LogP contribution is 2.24. The summed E-state index contributed by atoms with van der Waals surface area (Å²) in [5, 5.41) is 4.08. The van der Waals surface area contributed by atoms with E-state index in [1.165, 1.54) is 35.7 Å². The maximum Gasteiger partial charge on any atom is 0.271 e. The van der Waals surface area contributed by atoms with Crippen LogP contribution in [-0.2, 0) is 23.1 Å². The molecule has 0 spiro atoms. The van der Waals surface area contributed by atoms with Crippen molar-refractivity contribution < 1.29 is 13.2 Å². The zero-order valence-electron chi connectivity index (χ0n) is 15.9. The lowest BCUT2D eigenvalue weighted by molar-refractivity contribution is 0.0945. The molecule has 158 valence electrons. The summed E-state index contributed by atoms with van der Waals surface area (Å²) in [6, 6.07) is 4.03. The van der Waals surface area contributed by atoms with E-state index in [2.05, 4.69) is 25.0 Å². The number of aromatic nitrogens is 3. The maximum atomic E-state index is 12.4. The van der Waals surface area contributed by atoms with E-state index in [-0.39, 0.29) is 33.1 Å². The minimum atomic E-state index is -3.82. The Bertz CT molecular complexity index is 1200. The van der Waals surface area contributed by atoms with Crippen LogP contribution in [0.2, 0.25) is 10.0 Å². The molecule has 8 nitrogen and oxygen atoms in total. The summed E-state index contributed by atoms with van der Waals surface area (Å²) in [6.45, 7) is 3.79. The van der Waals surface area contributed by atoms with Crippen LogP contribution in [0.25, 0.3) is 0 Å². The van der Waals surface area contributed by atoms with Gasteiger partial charge in [0.15, 0.2) is 0 Å². The van der Waals surface area contributed by atoms with Crippen LogP contribution < -0.4 is 10.0 Å². The van der Waals surface area contributed by atoms with Crippen molar-refractivity contribution in [1.82, 2.24) is 25.0 Å². The topological polar surface area (TPSA) is 114 Å². The van der Waals surface area contributed by atoms with Crippen LogP contribution in [0.4, 0.5) is 0 Å². The van der Waals surface area contributed by atoms with Gasteiger partial charge in [0.05, 0.1) is 50.6 Å². The number of rotatable bonds is 7. The smallest absolute Gasteiger partial charge is 0.271 e. The Labute approximate surface area is 187 Å². The molecule has 0 aliphatic rings. The van der Waals surface area contributed by atoms with Crippen molar-refractivity contribution >= 4 is 50.5 Å². The lowest BCUT2D eigenvalue weighted by atomic mass is 10.3. The number of hydrogen-bond acceptors (Lipinski definition) is 7. The molecule has 0 radical (unpaired) electrons. The quantitative estimate of drug-likeness (QED) is 0.530. The van der Waals surface area contributed by atoms with Crippen LogP contribution in [-0.4, -0.2) is 29.3 Å². The van der Waals surface area contributed by atoms with Gasteiger partial charge in [-0.25, -0.2) is 23.1 Å². The van der Waals surface area contributed by atoms with E-state index < -0.39 is 10.0 Å². The summed E-state index contributed by atoms with van der Waals surface area (Å²) in [6.07, 6.45) is 3.02. The largest absolute Gasteiger partial charge is 0.346 e. The fourth-order valence-electron chi connectivity index (χ4n) is 2.43. The van der Waals surface area contributed by atoms with Crippen LogP contribution in [0, 0.1) is 13.8 Å². The number of nitrogens with zero attached hydrogens (tertiary/aromatic N) is 3. The van der Waals surface area contributed by atoms with Gasteiger partial charge < -0.3 is 5.32 Å². The second-order valence-corrected chi connectivity index (χ2v) is 10.1. The average molecular weight is 486 g/mol. The average Bonchev–Trinajstić information content (AvgIpc) is 3.12. The van der Waals surface area contributed by atoms with Gasteiger partial charge in [0.2, 0.25) is 10.0 Å². The second kappa shape index (κ2) is 9.36. The fraction of sp³-hybridized carbons (Fsp3) is 0.222. The predicted octanol–water partition coefficient (Wildman–Crippen LogP) is 3.27. The molecule has 0 aliphatic carbocycles. The molecule has 0 atom stereocenters. The summed E-state index contributed by atoms with van der Waals surface area (Å²) < 4.78 is 27.3. The summed E-state index contributed by atoms with van der Waals surface area (Å²) in [7, 11) is -3.82. The van der Waals surface area contributed by atoms with Crippen LogP contribution in [0.15, 0.2) is 35.5 Å². The van der Waals surface area contributed by atoms with Gasteiger partial charge in [-0.2, -0.15) is 0 Å². The highest BCUT2D eigenvalue weighted by atomic mass is 35.5. The van der Waals surface area contributed by atoms with Gasteiger partial charge in [0, 0.05) is 11.1 Å². The Morgan fingerprint density at radius 2 is 1.87 bits per heavy atom. The van der Waals surface area contributed by atoms with Crippen LogP contribution >= 0.6 is 34.5 Å². The van der Waals surface area contributed by atoms with Crippen LogP contribution in [0.1, 0.15) is 31.8 Å². The SMILES string of the molecule is Cc1ncc(CNC(=O)c2cnc(CNS(=O)(=O)c3ccc(Cl)c(Cl)c3)c(C)n2)s1. The molecule has 1 aromatic carbocycles. The number of halogens is 2. The Kier molecular flexibility index (Phi) is 7.04. The fourth-order valence-corrected chi connectivity index (χ4v) is 4.54. The lowest BCUT2D eigenvalue weighted by Gasteiger charge is -2.10. The summed E-state index contributed by atoms with van der Waals surface area (Å²) >= 11 is 13.2. The van der Waals surface area contributed by atoms with E-state index in [1.54, 1.807) is 13.1 Å². The minimum Gasteiger partial charge on any atom is -0.346 e. The molecule has 12 heteroatoms. The molecule has 30 heavy (non-hydrogen) atoms. The van der Waals surface area contributed by atoms with E-state index in [9.17, 15) is 13.2 Å². The van der Waals surface area contributed by atoms with Crippen molar-refractivity contribution in [2.75, 3.05) is 0 Å². The summed E-state index contributed by atoms with van der Waals surface area (Å²) in [4.78, 5) is 25.7. The van der Waals surface area contributed by atoms with Crippen molar-refractivity contribution in [2.45, 2.75) is 31.8 Å². The van der Waals surface area contributed by atoms with Gasteiger partial charge in [-0.05, 0) is 32.0 Å². The number of carbonyl (C=O) groups is 1. The number of nitrogens with one attached hydrogen (secondary N) is 2. The maximum absolute atomic E-state index is 12.4. The van der Waals surface area contributed by atoms with Crippen molar-refractivity contribution in [3.8, 4) is 0 Å². The first-order chi connectivity index (χ1) is 14.2. The van der Waals surface area contributed by atoms with E-state index in [0.717, 1.165) is 9.88 Å². The Balaban J connectivity index is 1.64. The molecule has 3 rings (SSSR count). The number of aryl methyl sites for hydroxylation is 2. The van der Waals surface area contributed by atoms with E-state index >= 15 is 0 Å². The third kappa shape index (κ3) is 5.52. The van der Waals surface area contributed by atoms with Crippen molar-refractivity contribution in [1.29, 1.82) is 0 Å². The lowest BCUT2D eigenvalue weighted by Crippen LogP contribution is -2.26. The van der Waals surface area contributed by atoms with Gasteiger partial charge in [-0.15, -0.1) is 11.3 Å². The van der Waals surface area contributed by atoms with Crippen LogP contribution in [0.5, 0.6) is 0 Å². The number of thiazole rings is 1. The molecule has 0 bridgehead atoms. The van der Waals surface area contributed by atoms with E-state index in [1.807, 2.05) is 6.92 Å². The zero-order chi connectivity index (χ0) is 21.9. The third-order valence-electron chi connectivity index (χ3n) is 4.00. The molecule has 2 heterocycles. The number of sulfonamides is 1. The molecule has 1 amide bonds. The number of amides is 1. The zero-order valence-corrected chi connectivity index (χ0v) is 19.1. The second-order valence-electron chi connectivity index (χ2n) is 6.22. The third-order valence-corrected chi connectivity index (χ3v) is 7.06. The normalized spacial score (nSPS) is 11.5. The van der Waals surface area contributed by atoms with Crippen molar-refractivity contribution in [3.63, 3.8) is 0 Å². The first kappa shape index (κ1) is 22.6. The first-order valence-electron chi connectivity index (χ1n) is 8.62. The summed E-state index contributed by atoms with van der Waals surface area (Å²) in [5.74, 6) is -0.375. The van der Waals surface area contributed by atoms with Crippen molar-refractivity contribution in [2.24, 2.45) is 0 Å². The molecular formula is C18H17Cl2N5O3S2. The number of hydrogen-bond donors (Lipinski definition) is 2. The number of carbonyl (C=O) groups excluding carboxylic acids is 1. The Morgan fingerprint density at radius 1 is 1.10 bits per heavy atom. The van der Waals surface area contributed by atoms with Gasteiger partial charge in [0.1, 0.15) is 5.69 Å². The minimum absolute atomic E-state index is 0.0168. The van der Waals surface area contributed by atoms with Gasteiger partial charge in [0.25, 0.3) is 5.91 Å². The molecule has 0 saturated carbocycles. The van der Waals surface area contributed by atoms with Gasteiger partial charge in [-0.3, -0.25) is 9.78 Å². The monoisotopic (exact) mass is 485 g/mol. The molecule has 3 aromatic rings. The summed E-state index contributed by atoms with van der Waals surface area (Å²) in [5.41, 5.74) is 0.978. The molecule has 2 N–H and O–H groups in total. The molecule has 0 fully saturated rings. The van der Waals surface area contributed by atoms with E-state index in [0.29, 0.717) is 17.9 Å². The molecule has 0 unspecified atom stereocenters. The molecule has 0 aliphatic heterocycles. The highest BCUT2D eigenvalue weighted by molar-refractivity contribution is 7.89. The standard InChI is InChI=1S/C18H17Cl2N5O3S2/c1-10-16(9-24-30(27,28)13-3-4-14(19)15(20)5-13)22-8-17(25-10)18(26)23-7-12-6-21-11(2)29-12/h3-6,8,24H,7,9H2,1-2H3,(H,23,26). The molecule has 0 saturated heterocycles. The highest BCUT2D eigenvalue weighted by Gasteiger charge is 2.17. The van der Waals surface area contributed by atoms with Gasteiger partial charge in [-0.1, -0.05) is 23.2 Å². The number of benzene rings is 1. The molecular weight excluding hydrogens is 469 g/mol. The first-order valence-corrected chi connectivity index (χ1v) is 11.7. The molecule has 2 aromatic heterocycles. The Morgan fingerprint density at radius 3 is 2.50 bits per heavy atom. The van der Waals surface area contributed by atoms with E-state index in [4.69, 9.17) is 23.2 Å². The van der Waals surface area contributed by atoms with Gasteiger partial charge >= 0.3 is 0 Å². The Hall–Kier alpha value is -2.11. The van der Waals surface area contributed by atoms with Crippen molar-refractivity contribution in [3.05, 3.63) is 67.6 Å².